The first-order valence-electron chi connectivity index (χ1n) is 20.4. The molecule has 5 aliphatic heterocycles. The van der Waals surface area contributed by atoms with E-state index in [4.69, 9.17) is 11.6 Å². The van der Waals surface area contributed by atoms with Gasteiger partial charge in [-0.3, -0.25) is 24.6 Å². The molecule has 5 fully saturated rings. The lowest BCUT2D eigenvalue weighted by atomic mass is 9.76. The number of amides is 3. The number of nitrogens with one attached hydrogen (secondary N) is 2. The second-order valence-corrected chi connectivity index (χ2v) is 17.1. The van der Waals surface area contributed by atoms with Gasteiger partial charge >= 0.3 is 0 Å². The molecular formula is C44H53ClN8O3. The Labute approximate surface area is 335 Å². The Bertz CT molecular complexity index is 1960. The van der Waals surface area contributed by atoms with Gasteiger partial charge < -0.3 is 24.9 Å². The van der Waals surface area contributed by atoms with Gasteiger partial charge in [-0.1, -0.05) is 17.7 Å². The van der Waals surface area contributed by atoms with Crippen LogP contribution in [0.25, 0.3) is 0 Å². The topological polar surface area (TPSA) is 115 Å². The van der Waals surface area contributed by atoms with Gasteiger partial charge in [0, 0.05) is 106 Å². The molecule has 5 heterocycles. The highest BCUT2D eigenvalue weighted by Gasteiger charge is 2.44. The number of rotatable bonds is 8. The van der Waals surface area contributed by atoms with Crippen molar-refractivity contribution in [2.45, 2.75) is 64.0 Å². The maximum absolute atomic E-state index is 13.5. The van der Waals surface area contributed by atoms with Crippen LogP contribution in [0.5, 0.6) is 0 Å². The van der Waals surface area contributed by atoms with E-state index in [2.05, 4.69) is 67.5 Å². The van der Waals surface area contributed by atoms with Crippen LogP contribution >= 0.6 is 11.6 Å². The summed E-state index contributed by atoms with van der Waals surface area (Å²) in [5.41, 5.74) is 5.90. The number of hydrogen-bond acceptors (Lipinski definition) is 9. The fourth-order valence-electron chi connectivity index (χ4n) is 9.73. The van der Waals surface area contributed by atoms with Crippen molar-refractivity contribution in [3.63, 3.8) is 0 Å². The number of halogens is 1. The number of anilines is 4. The van der Waals surface area contributed by atoms with Crippen molar-refractivity contribution >= 4 is 52.1 Å². The van der Waals surface area contributed by atoms with Crippen LogP contribution in [0.1, 0.15) is 67.8 Å². The number of carbonyl (C=O) groups excluding carboxylic acids is 3. The first-order valence-corrected chi connectivity index (χ1v) is 20.8. The quantitative estimate of drug-likeness (QED) is 0.267. The van der Waals surface area contributed by atoms with Crippen LogP contribution in [0, 0.1) is 22.7 Å². The molecule has 1 spiro atoms. The molecule has 0 aliphatic carbocycles. The zero-order chi connectivity index (χ0) is 38.8. The Hall–Kier alpha value is -4.79. The Morgan fingerprint density at radius 2 is 1.59 bits per heavy atom. The van der Waals surface area contributed by atoms with E-state index in [1.165, 1.54) is 5.69 Å². The highest BCUT2D eigenvalue weighted by molar-refractivity contribution is 6.32. The maximum Gasteiger partial charge on any atom is 0.253 e. The van der Waals surface area contributed by atoms with E-state index in [-0.39, 0.29) is 29.2 Å². The third-order valence-corrected chi connectivity index (χ3v) is 13.4. The summed E-state index contributed by atoms with van der Waals surface area (Å²) in [7, 11) is 0. The number of benzene rings is 3. The molecule has 0 bridgehead atoms. The van der Waals surface area contributed by atoms with Gasteiger partial charge in [-0.25, -0.2) is 0 Å². The third kappa shape index (κ3) is 8.33. The molecule has 3 amide bonds. The zero-order valence-electron chi connectivity index (χ0n) is 32.4. The summed E-state index contributed by atoms with van der Waals surface area (Å²) >= 11 is 6.38. The Balaban J connectivity index is 0.762. The van der Waals surface area contributed by atoms with E-state index in [1.807, 2.05) is 47.4 Å². The molecule has 8 rings (SSSR count). The highest BCUT2D eigenvalue weighted by atomic mass is 35.5. The average Bonchev–Trinajstić information content (AvgIpc) is 3.54. The molecule has 0 aromatic heterocycles. The van der Waals surface area contributed by atoms with Gasteiger partial charge in [-0.05, 0) is 117 Å². The SMILES string of the molecule is C[C@H]1CC2(CCN(c3ccc(C(=O)N4CCN(CC5CCN(c6cccc(NC7CCC(=O)NC7=O)c6)CC5)CC4)cc3)CC2)CN1c1ccc(C#N)c(Cl)c1. The van der Waals surface area contributed by atoms with Gasteiger partial charge in [-0.2, -0.15) is 5.26 Å². The summed E-state index contributed by atoms with van der Waals surface area (Å²) < 4.78 is 0. The van der Waals surface area contributed by atoms with E-state index in [0.29, 0.717) is 35.4 Å². The van der Waals surface area contributed by atoms with Gasteiger partial charge in [0.15, 0.2) is 0 Å². The molecule has 3 aromatic carbocycles. The molecule has 12 heteroatoms. The van der Waals surface area contributed by atoms with Crippen molar-refractivity contribution < 1.29 is 14.4 Å². The first kappa shape index (κ1) is 38.1. The number of carbonyl (C=O) groups is 3. The molecule has 2 atom stereocenters. The van der Waals surface area contributed by atoms with Crippen molar-refractivity contribution in [1.82, 2.24) is 15.1 Å². The van der Waals surface area contributed by atoms with E-state index < -0.39 is 0 Å². The smallest absolute Gasteiger partial charge is 0.253 e. The van der Waals surface area contributed by atoms with Crippen LogP contribution in [-0.2, 0) is 9.59 Å². The van der Waals surface area contributed by atoms with Crippen molar-refractivity contribution in [1.29, 1.82) is 5.26 Å². The predicted molar refractivity (Wildman–Crippen MR) is 221 cm³/mol. The number of nitrogens with zero attached hydrogens (tertiary/aromatic N) is 6. The molecule has 3 aromatic rings. The van der Waals surface area contributed by atoms with Crippen LogP contribution in [-0.4, -0.2) is 105 Å². The molecular weight excluding hydrogens is 724 g/mol. The minimum absolute atomic E-state index is 0.124. The summed E-state index contributed by atoms with van der Waals surface area (Å²) in [6, 6.07) is 24.5. The van der Waals surface area contributed by atoms with Crippen molar-refractivity contribution in [2.75, 3.05) is 85.5 Å². The van der Waals surface area contributed by atoms with Gasteiger partial charge in [0.05, 0.1) is 10.6 Å². The molecule has 56 heavy (non-hydrogen) atoms. The van der Waals surface area contributed by atoms with Crippen molar-refractivity contribution in [3.8, 4) is 6.07 Å². The monoisotopic (exact) mass is 776 g/mol. The van der Waals surface area contributed by atoms with Crippen molar-refractivity contribution in [2.24, 2.45) is 11.3 Å². The minimum atomic E-state index is -0.387. The van der Waals surface area contributed by atoms with Crippen LogP contribution in [0.2, 0.25) is 5.02 Å². The number of hydrogen-bond donors (Lipinski definition) is 2. The van der Waals surface area contributed by atoms with Crippen LogP contribution in [0.3, 0.4) is 0 Å². The van der Waals surface area contributed by atoms with Crippen LogP contribution in [0.4, 0.5) is 22.7 Å². The highest BCUT2D eigenvalue weighted by Crippen LogP contribution is 2.46. The average molecular weight is 777 g/mol. The number of imide groups is 1. The summed E-state index contributed by atoms with van der Waals surface area (Å²) in [6.45, 7) is 11.7. The fraction of sp³-hybridized carbons (Fsp3) is 0.500. The Morgan fingerprint density at radius 1 is 0.875 bits per heavy atom. The molecule has 2 N–H and O–H groups in total. The number of piperidine rings is 3. The lowest BCUT2D eigenvalue weighted by Gasteiger charge is -2.40. The van der Waals surface area contributed by atoms with Gasteiger partial charge in [-0.15, -0.1) is 0 Å². The van der Waals surface area contributed by atoms with Gasteiger partial charge in [0.1, 0.15) is 12.1 Å². The predicted octanol–water partition coefficient (Wildman–Crippen LogP) is 5.99. The molecule has 5 aliphatic rings. The second-order valence-electron chi connectivity index (χ2n) is 16.7. The Morgan fingerprint density at radius 3 is 2.29 bits per heavy atom. The van der Waals surface area contributed by atoms with E-state index in [1.54, 1.807) is 0 Å². The normalized spacial score (nSPS) is 23.3. The number of piperazine rings is 1. The number of nitriles is 1. The van der Waals surface area contributed by atoms with E-state index in [0.717, 1.165) is 120 Å². The molecule has 11 nitrogen and oxygen atoms in total. The lowest BCUT2D eigenvalue weighted by molar-refractivity contribution is -0.133. The molecule has 0 saturated carbocycles. The van der Waals surface area contributed by atoms with E-state index in [9.17, 15) is 19.6 Å². The van der Waals surface area contributed by atoms with Crippen LogP contribution < -0.4 is 25.3 Å². The molecule has 5 saturated heterocycles. The molecule has 294 valence electrons. The first-order chi connectivity index (χ1) is 27.1. The minimum Gasteiger partial charge on any atom is -0.374 e. The lowest BCUT2D eigenvalue weighted by Crippen LogP contribution is -2.50. The van der Waals surface area contributed by atoms with E-state index >= 15 is 0 Å². The Kier molecular flexibility index (Phi) is 11.1. The third-order valence-electron chi connectivity index (χ3n) is 13.1. The molecule has 1 unspecified atom stereocenters. The van der Waals surface area contributed by atoms with Gasteiger partial charge in [0.2, 0.25) is 11.8 Å². The maximum atomic E-state index is 13.5. The second kappa shape index (κ2) is 16.4. The summed E-state index contributed by atoms with van der Waals surface area (Å²) in [4.78, 5) is 49.2. The summed E-state index contributed by atoms with van der Waals surface area (Å²) in [5, 5.41) is 15.5. The fourth-order valence-corrected chi connectivity index (χ4v) is 9.95. The summed E-state index contributed by atoms with van der Waals surface area (Å²) in [5.74, 6) is 0.299. The summed E-state index contributed by atoms with van der Waals surface area (Å²) in [6.07, 6.45) is 6.53. The van der Waals surface area contributed by atoms with Crippen LogP contribution in [0.15, 0.2) is 66.7 Å². The van der Waals surface area contributed by atoms with Crippen molar-refractivity contribution in [3.05, 3.63) is 82.9 Å². The zero-order valence-corrected chi connectivity index (χ0v) is 33.1. The largest absolute Gasteiger partial charge is 0.374 e. The van der Waals surface area contributed by atoms with Gasteiger partial charge in [0.25, 0.3) is 5.91 Å². The molecule has 0 radical (unpaired) electrons. The standard InChI is InChI=1S/C44H53ClN8O3/c1-31-27-44(30-53(31)38-10-7-34(28-46)39(45)26-38)15-19-51(20-16-44)36-8-5-33(6-9-36)43(56)52-23-21-49(22-24-52)29-32-13-17-50(18-14-32)37-4-2-3-35(25-37)47-40-11-12-41(54)48-42(40)55/h2-10,25-26,31-32,40,47H,11-24,27,29-30H2,1H3,(H,48,54,55)/t31-,40?/m0/s1.